The van der Waals surface area contributed by atoms with Crippen LogP contribution in [0.5, 0.6) is 0 Å². The van der Waals surface area contributed by atoms with Gasteiger partial charge in [-0.1, -0.05) is 6.42 Å². The highest BCUT2D eigenvalue weighted by Gasteiger charge is 2.28. The van der Waals surface area contributed by atoms with Gasteiger partial charge in [0.2, 0.25) is 5.91 Å². The first-order valence-electron chi connectivity index (χ1n) is 7.03. The molecule has 1 fully saturated rings. The van der Waals surface area contributed by atoms with E-state index in [0.717, 1.165) is 25.1 Å². The van der Waals surface area contributed by atoms with E-state index in [1.165, 1.54) is 6.42 Å². The number of nitrogens with zero attached hydrogens (tertiary/aromatic N) is 3. The van der Waals surface area contributed by atoms with Gasteiger partial charge < -0.3 is 15.2 Å². The molecule has 19 heavy (non-hydrogen) atoms. The summed E-state index contributed by atoms with van der Waals surface area (Å²) in [6.07, 6.45) is 7.90. The van der Waals surface area contributed by atoms with Crippen LogP contribution in [0.25, 0.3) is 0 Å². The lowest BCUT2D eigenvalue weighted by Gasteiger charge is -2.30. The van der Waals surface area contributed by atoms with Gasteiger partial charge in [0.1, 0.15) is 5.82 Å². The molecule has 1 saturated carbocycles. The minimum atomic E-state index is 0.146. The number of imidazole rings is 1. The summed E-state index contributed by atoms with van der Waals surface area (Å²) in [5.74, 6) is 1.82. The van der Waals surface area contributed by atoms with Crippen molar-refractivity contribution in [2.75, 3.05) is 13.6 Å². The molecule has 0 spiro atoms. The minimum Gasteiger partial charge on any atom is -0.338 e. The van der Waals surface area contributed by atoms with Crippen LogP contribution < -0.4 is 5.73 Å². The van der Waals surface area contributed by atoms with Gasteiger partial charge in [0.25, 0.3) is 0 Å². The Labute approximate surface area is 114 Å². The van der Waals surface area contributed by atoms with Crippen LogP contribution in [0, 0.1) is 11.8 Å². The fourth-order valence-corrected chi connectivity index (χ4v) is 2.88. The molecule has 106 valence electrons. The van der Waals surface area contributed by atoms with Crippen molar-refractivity contribution in [1.82, 2.24) is 14.5 Å². The van der Waals surface area contributed by atoms with Crippen molar-refractivity contribution in [3.05, 3.63) is 18.2 Å². The van der Waals surface area contributed by atoms with E-state index in [9.17, 15) is 4.79 Å². The molecule has 1 aromatic rings. The zero-order valence-corrected chi connectivity index (χ0v) is 11.9. The molecule has 0 radical (unpaired) electrons. The molecule has 0 bridgehead atoms. The summed E-state index contributed by atoms with van der Waals surface area (Å²) >= 11 is 0. The first-order valence-corrected chi connectivity index (χ1v) is 7.03. The van der Waals surface area contributed by atoms with Crippen molar-refractivity contribution in [2.45, 2.75) is 32.2 Å². The van der Waals surface area contributed by atoms with Crippen molar-refractivity contribution in [3.63, 3.8) is 0 Å². The third-order valence-corrected chi connectivity index (χ3v) is 4.14. The maximum absolute atomic E-state index is 12.4. The molecule has 0 aromatic carbocycles. The number of amides is 1. The number of carbonyl (C=O) groups excluding carboxylic acids is 1. The number of rotatable bonds is 4. The zero-order chi connectivity index (χ0) is 13.8. The Morgan fingerprint density at radius 3 is 3.00 bits per heavy atom. The molecule has 1 aliphatic rings. The highest BCUT2D eigenvalue weighted by Crippen LogP contribution is 2.29. The lowest BCUT2D eigenvalue weighted by atomic mass is 9.81. The number of aryl methyl sites for hydroxylation is 1. The molecular weight excluding hydrogens is 240 g/mol. The van der Waals surface area contributed by atoms with Gasteiger partial charge in [-0.15, -0.1) is 0 Å². The summed E-state index contributed by atoms with van der Waals surface area (Å²) in [5.41, 5.74) is 5.73. The topological polar surface area (TPSA) is 64.2 Å². The summed E-state index contributed by atoms with van der Waals surface area (Å²) in [5, 5.41) is 0. The van der Waals surface area contributed by atoms with Gasteiger partial charge in [-0.2, -0.15) is 0 Å². The summed E-state index contributed by atoms with van der Waals surface area (Å²) < 4.78 is 1.95. The zero-order valence-electron chi connectivity index (χ0n) is 11.9. The Bertz CT molecular complexity index is 429. The minimum absolute atomic E-state index is 0.146. The molecule has 2 unspecified atom stereocenters. The van der Waals surface area contributed by atoms with Gasteiger partial charge in [-0.05, 0) is 31.7 Å². The summed E-state index contributed by atoms with van der Waals surface area (Å²) in [6.45, 7) is 1.28. The Morgan fingerprint density at radius 2 is 2.37 bits per heavy atom. The van der Waals surface area contributed by atoms with E-state index in [2.05, 4.69) is 4.98 Å². The second kappa shape index (κ2) is 6.19. The van der Waals surface area contributed by atoms with Gasteiger partial charge >= 0.3 is 0 Å². The Hall–Kier alpha value is -1.36. The van der Waals surface area contributed by atoms with Crippen LogP contribution in [-0.2, 0) is 18.4 Å². The highest BCUT2D eigenvalue weighted by atomic mass is 16.2. The molecule has 2 rings (SSSR count). The highest BCUT2D eigenvalue weighted by molar-refractivity contribution is 5.78. The first kappa shape index (κ1) is 14.1. The van der Waals surface area contributed by atoms with E-state index in [-0.39, 0.29) is 11.8 Å². The van der Waals surface area contributed by atoms with Gasteiger partial charge in [0, 0.05) is 32.4 Å². The molecule has 0 aliphatic heterocycles. The summed E-state index contributed by atoms with van der Waals surface area (Å²) in [6, 6.07) is 0. The van der Waals surface area contributed by atoms with E-state index in [1.807, 2.05) is 24.9 Å². The van der Waals surface area contributed by atoms with Gasteiger partial charge in [0.05, 0.1) is 6.54 Å². The van der Waals surface area contributed by atoms with E-state index >= 15 is 0 Å². The van der Waals surface area contributed by atoms with Crippen molar-refractivity contribution < 1.29 is 4.79 Å². The summed E-state index contributed by atoms with van der Waals surface area (Å²) in [7, 11) is 3.81. The molecule has 1 aromatic heterocycles. The van der Waals surface area contributed by atoms with Crippen molar-refractivity contribution in [2.24, 2.45) is 24.6 Å². The van der Waals surface area contributed by atoms with Crippen molar-refractivity contribution in [1.29, 1.82) is 0 Å². The largest absolute Gasteiger partial charge is 0.338 e. The quantitative estimate of drug-likeness (QED) is 0.887. The lowest BCUT2D eigenvalue weighted by molar-refractivity contribution is -0.136. The van der Waals surface area contributed by atoms with E-state index in [4.69, 9.17) is 5.73 Å². The van der Waals surface area contributed by atoms with Crippen LogP contribution >= 0.6 is 0 Å². The Morgan fingerprint density at radius 1 is 1.58 bits per heavy atom. The normalized spacial score (nSPS) is 23.3. The van der Waals surface area contributed by atoms with Crippen LogP contribution in [0.2, 0.25) is 0 Å². The number of hydrogen-bond donors (Lipinski definition) is 1. The lowest BCUT2D eigenvalue weighted by Crippen LogP contribution is -2.36. The van der Waals surface area contributed by atoms with Crippen LogP contribution in [-0.4, -0.2) is 34.0 Å². The second-order valence-electron chi connectivity index (χ2n) is 5.61. The van der Waals surface area contributed by atoms with E-state index < -0.39 is 0 Å². The van der Waals surface area contributed by atoms with E-state index in [1.54, 1.807) is 11.1 Å². The van der Waals surface area contributed by atoms with Crippen LogP contribution in [0.1, 0.15) is 31.5 Å². The number of carbonyl (C=O) groups is 1. The van der Waals surface area contributed by atoms with Gasteiger partial charge in [-0.25, -0.2) is 4.98 Å². The predicted molar refractivity (Wildman–Crippen MR) is 74.2 cm³/mol. The van der Waals surface area contributed by atoms with Crippen molar-refractivity contribution in [3.8, 4) is 0 Å². The standard InChI is InChI=1S/C14H24N4O/c1-17-7-6-16-13(17)10-18(2)14(19)12-5-3-4-11(8-12)9-15/h6-7,11-12H,3-5,8-10,15H2,1-2H3. The first-order chi connectivity index (χ1) is 9.11. The maximum Gasteiger partial charge on any atom is 0.225 e. The average Bonchev–Trinajstić information content (AvgIpc) is 2.83. The molecule has 5 nitrogen and oxygen atoms in total. The molecule has 2 N–H and O–H groups in total. The van der Waals surface area contributed by atoms with Crippen LogP contribution in [0.3, 0.4) is 0 Å². The second-order valence-corrected chi connectivity index (χ2v) is 5.61. The van der Waals surface area contributed by atoms with Gasteiger partial charge in [0.15, 0.2) is 0 Å². The fourth-order valence-electron chi connectivity index (χ4n) is 2.88. The predicted octanol–water partition coefficient (Wildman–Crippen LogP) is 1.14. The van der Waals surface area contributed by atoms with E-state index in [0.29, 0.717) is 19.0 Å². The van der Waals surface area contributed by atoms with Crippen LogP contribution in [0.15, 0.2) is 12.4 Å². The fraction of sp³-hybridized carbons (Fsp3) is 0.714. The Balaban J connectivity index is 1.93. The third kappa shape index (κ3) is 3.35. The average molecular weight is 264 g/mol. The molecular formula is C14H24N4O. The molecule has 1 amide bonds. The monoisotopic (exact) mass is 264 g/mol. The van der Waals surface area contributed by atoms with Gasteiger partial charge in [-0.3, -0.25) is 4.79 Å². The molecule has 5 heteroatoms. The Kier molecular flexibility index (Phi) is 4.58. The smallest absolute Gasteiger partial charge is 0.225 e. The third-order valence-electron chi connectivity index (χ3n) is 4.14. The SMILES string of the molecule is CN(Cc1nccn1C)C(=O)C1CCCC(CN)C1. The molecule has 0 saturated heterocycles. The molecule has 1 aliphatic carbocycles. The number of nitrogens with two attached hydrogens (primary N) is 1. The maximum atomic E-state index is 12.4. The van der Waals surface area contributed by atoms with Crippen LogP contribution in [0.4, 0.5) is 0 Å². The molecule has 1 heterocycles. The number of hydrogen-bond acceptors (Lipinski definition) is 3. The van der Waals surface area contributed by atoms with Crippen molar-refractivity contribution >= 4 is 5.91 Å². The molecule has 2 atom stereocenters. The summed E-state index contributed by atoms with van der Waals surface area (Å²) in [4.78, 5) is 18.5. The number of aromatic nitrogens is 2.